The van der Waals surface area contributed by atoms with E-state index in [9.17, 15) is 0 Å². The Bertz CT molecular complexity index is 435. The normalized spacial score (nSPS) is 21.0. The summed E-state index contributed by atoms with van der Waals surface area (Å²) in [5.41, 5.74) is 4.74. The van der Waals surface area contributed by atoms with Crippen LogP contribution in [0, 0.1) is 0 Å². The molecule has 2 heterocycles. The van der Waals surface area contributed by atoms with Crippen molar-refractivity contribution in [2.45, 2.75) is 45.6 Å². The van der Waals surface area contributed by atoms with Crippen LogP contribution in [0.25, 0.3) is 0 Å². The van der Waals surface area contributed by atoms with Crippen LogP contribution in [-0.4, -0.2) is 37.1 Å². The summed E-state index contributed by atoms with van der Waals surface area (Å²) in [5.74, 6) is 0. The van der Waals surface area contributed by atoms with Crippen molar-refractivity contribution in [1.29, 1.82) is 0 Å². The molecule has 19 heavy (non-hydrogen) atoms. The molecule has 0 fully saturated rings. The summed E-state index contributed by atoms with van der Waals surface area (Å²) in [6.07, 6.45) is 5.03. The molecule has 3 rings (SSSR count). The molecule has 1 atom stereocenters. The molecule has 0 aromatic heterocycles. The van der Waals surface area contributed by atoms with Crippen molar-refractivity contribution in [3.63, 3.8) is 0 Å². The Morgan fingerprint density at radius 1 is 1.16 bits per heavy atom. The van der Waals surface area contributed by atoms with Crippen LogP contribution in [0.2, 0.25) is 0 Å². The molecule has 2 nitrogen and oxygen atoms in total. The van der Waals surface area contributed by atoms with Crippen molar-refractivity contribution >= 4 is 5.69 Å². The number of nitrogens with zero attached hydrogens (tertiary/aromatic N) is 2. The van der Waals surface area contributed by atoms with Crippen molar-refractivity contribution in [2.75, 3.05) is 31.1 Å². The number of para-hydroxylation sites is 1. The van der Waals surface area contributed by atoms with E-state index in [1.807, 2.05) is 0 Å². The van der Waals surface area contributed by atoms with Gasteiger partial charge >= 0.3 is 0 Å². The van der Waals surface area contributed by atoms with Crippen molar-refractivity contribution < 1.29 is 0 Å². The molecular formula is C17H26N2. The standard InChI is InChI=1S/C17H26N2/c1-3-9-18(10-4-2)16-12-15-7-5-6-14-8-11-19(13-16)17(14)15/h5-7,16H,3-4,8-13H2,1-2H3. The van der Waals surface area contributed by atoms with Gasteiger partial charge < -0.3 is 4.90 Å². The van der Waals surface area contributed by atoms with Gasteiger partial charge in [-0.1, -0.05) is 32.0 Å². The largest absolute Gasteiger partial charge is 0.369 e. The lowest BCUT2D eigenvalue weighted by Crippen LogP contribution is -2.48. The number of rotatable bonds is 5. The van der Waals surface area contributed by atoms with Crippen molar-refractivity contribution in [2.24, 2.45) is 0 Å². The average Bonchev–Trinajstić information content (AvgIpc) is 2.84. The van der Waals surface area contributed by atoms with Gasteiger partial charge in [0.05, 0.1) is 0 Å². The second-order valence-electron chi connectivity index (χ2n) is 6.01. The van der Waals surface area contributed by atoms with E-state index < -0.39 is 0 Å². The Morgan fingerprint density at radius 3 is 2.63 bits per heavy atom. The predicted molar refractivity (Wildman–Crippen MR) is 82.0 cm³/mol. The van der Waals surface area contributed by atoms with Crippen LogP contribution >= 0.6 is 0 Å². The van der Waals surface area contributed by atoms with Crippen LogP contribution in [-0.2, 0) is 12.8 Å². The third-order valence-corrected chi connectivity index (χ3v) is 4.60. The fourth-order valence-corrected chi connectivity index (χ4v) is 3.84. The van der Waals surface area contributed by atoms with Gasteiger partial charge in [0, 0.05) is 24.8 Å². The van der Waals surface area contributed by atoms with Crippen LogP contribution in [0.15, 0.2) is 18.2 Å². The van der Waals surface area contributed by atoms with Crippen LogP contribution in [0.1, 0.15) is 37.8 Å². The molecule has 0 amide bonds. The molecule has 0 bridgehead atoms. The van der Waals surface area contributed by atoms with Gasteiger partial charge in [0.15, 0.2) is 0 Å². The highest BCUT2D eigenvalue weighted by Crippen LogP contribution is 2.36. The van der Waals surface area contributed by atoms with E-state index in [1.54, 1.807) is 16.8 Å². The van der Waals surface area contributed by atoms with E-state index in [2.05, 4.69) is 41.8 Å². The molecule has 1 aromatic carbocycles. The zero-order chi connectivity index (χ0) is 13.2. The summed E-state index contributed by atoms with van der Waals surface area (Å²) in [6, 6.07) is 7.64. The number of hydrogen-bond donors (Lipinski definition) is 0. The lowest BCUT2D eigenvalue weighted by molar-refractivity contribution is 0.193. The fourth-order valence-electron chi connectivity index (χ4n) is 3.84. The van der Waals surface area contributed by atoms with Gasteiger partial charge in [-0.25, -0.2) is 0 Å². The zero-order valence-corrected chi connectivity index (χ0v) is 12.4. The van der Waals surface area contributed by atoms with Gasteiger partial charge in [0.1, 0.15) is 0 Å². The highest BCUT2D eigenvalue weighted by Gasteiger charge is 2.32. The van der Waals surface area contributed by atoms with E-state index >= 15 is 0 Å². The monoisotopic (exact) mass is 258 g/mol. The first-order valence-corrected chi connectivity index (χ1v) is 7.93. The van der Waals surface area contributed by atoms with Crippen LogP contribution in [0.5, 0.6) is 0 Å². The summed E-state index contributed by atoms with van der Waals surface area (Å²) in [4.78, 5) is 5.35. The summed E-state index contributed by atoms with van der Waals surface area (Å²) in [6.45, 7) is 9.57. The molecule has 0 N–H and O–H groups in total. The maximum absolute atomic E-state index is 2.72. The summed E-state index contributed by atoms with van der Waals surface area (Å²) in [7, 11) is 0. The molecule has 2 aliphatic heterocycles. The summed E-state index contributed by atoms with van der Waals surface area (Å²) in [5, 5.41) is 0. The second kappa shape index (κ2) is 5.54. The van der Waals surface area contributed by atoms with Crippen molar-refractivity contribution in [3.05, 3.63) is 29.3 Å². The number of hydrogen-bond acceptors (Lipinski definition) is 2. The molecule has 0 saturated heterocycles. The highest BCUT2D eigenvalue weighted by molar-refractivity contribution is 5.65. The first kappa shape index (κ1) is 13.0. The van der Waals surface area contributed by atoms with E-state index in [4.69, 9.17) is 0 Å². The third-order valence-electron chi connectivity index (χ3n) is 4.60. The van der Waals surface area contributed by atoms with Gasteiger partial charge in [0.2, 0.25) is 0 Å². The molecule has 0 aliphatic carbocycles. The third kappa shape index (κ3) is 2.38. The zero-order valence-electron chi connectivity index (χ0n) is 12.4. The molecular weight excluding hydrogens is 232 g/mol. The van der Waals surface area contributed by atoms with Gasteiger partial charge in [-0.15, -0.1) is 0 Å². The van der Waals surface area contributed by atoms with Gasteiger partial charge in [0.25, 0.3) is 0 Å². The molecule has 104 valence electrons. The fraction of sp³-hybridized carbons (Fsp3) is 0.647. The van der Waals surface area contributed by atoms with Crippen LogP contribution < -0.4 is 4.90 Å². The predicted octanol–water partition coefficient (Wildman–Crippen LogP) is 3.10. The minimum atomic E-state index is 0.723. The Labute approximate surface area is 117 Å². The molecule has 0 saturated carbocycles. The molecule has 1 aromatic rings. The van der Waals surface area contributed by atoms with E-state index in [0.717, 1.165) is 6.04 Å². The Morgan fingerprint density at radius 2 is 1.89 bits per heavy atom. The van der Waals surface area contributed by atoms with Crippen LogP contribution in [0.3, 0.4) is 0 Å². The number of anilines is 1. The van der Waals surface area contributed by atoms with Crippen molar-refractivity contribution in [3.8, 4) is 0 Å². The molecule has 0 spiro atoms. The van der Waals surface area contributed by atoms with E-state index in [1.165, 1.54) is 51.9 Å². The molecule has 1 unspecified atom stereocenters. The van der Waals surface area contributed by atoms with Gasteiger partial charge in [-0.2, -0.15) is 0 Å². The first-order chi connectivity index (χ1) is 9.33. The van der Waals surface area contributed by atoms with Crippen LogP contribution in [0.4, 0.5) is 5.69 Å². The van der Waals surface area contributed by atoms with E-state index in [0.29, 0.717) is 0 Å². The minimum absolute atomic E-state index is 0.723. The quantitative estimate of drug-likeness (QED) is 0.801. The molecule has 0 radical (unpaired) electrons. The lowest BCUT2D eigenvalue weighted by Gasteiger charge is -2.39. The summed E-state index contributed by atoms with van der Waals surface area (Å²) >= 11 is 0. The van der Waals surface area contributed by atoms with E-state index in [-0.39, 0.29) is 0 Å². The maximum Gasteiger partial charge on any atom is 0.0433 e. The lowest BCUT2D eigenvalue weighted by atomic mass is 9.95. The smallest absolute Gasteiger partial charge is 0.0433 e. The first-order valence-electron chi connectivity index (χ1n) is 7.93. The highest BCUT2D eigenvalue weighted by atomic mass is 15.2. The topological polar surface area (TPSA) is 6.48 Å². The average molecular weight is 258 g/mol. The summed E-state index contributed by atoms with van der Waals surface area (Å²) < 4.78 is 0. The minimum Gasteiger partial charge on any atom is -0.369 e. The van der Waals surface area contributed by atoms with Gasteiger partial charge in [-0.05, 0) is 49.9 Å². The SMILES string of the molecule is CCCN(CCC)C1Cc2cccc3c2N(CC3)C1. The Balaban J connectivity index is 1.82. The van der Waals surface area contributed by atoms with Gasteiger partial charge in [-0.3, -0.25) is 4.90 Å². The molecule has 2 aliphatic rings. The second-order valence-corrected chi connectivity index (χ2v) is 6.01. The Hall–Kier alpha value is -1.02. The molecule has 2 heteroatoms. The number of benzene rings is 1. The van der Waals surface area contributed by atoms with Crippen molar-refractivity contribution in [1.82, 2.24) is 4.90 Å². The Kier molecular flexibility index (Phi) is 3.79. The maximum atomic E-state index is 2.72.